The maximum Gasteiger partial charge on any atom is 0.306 e. The molecule has 0 saturated heterocycles. The number of esters is 6. The van der Waals surface area contributed by atoms with Gasteiger partial charge < -0.3 is 28.4 Å². The van der Waals surface area contributed by atoms with E-state index in [0.29, 0.717) is 12.8 Å². The second kappa shape index (κ2) is 46.4. The zero-order valence-corrected chi connectivity index (χ0v) is 41.3. The topological polar surface area (TPSA) is 158 Å². The predicted molar refractivity (Wildman–Crippen MR) is 253 cm³/mol. The lowest BCUT2D eigenvalue weighted by molar-refractivity contribution is -0.167. The summed E-state index contributed by atoms with van der Waals surface area (Å²) in [7, 11) is 0. The fourth-order valence-corrected chi connectivity index (χ4v) is 7.48. The van der Waals surface area contributed by atoms with Crippen molar-refractivity contribution in [3.05, 3.63) is 0 Å². The molecular weight excluding hydrogens is 817 g/mol. The fraction of sp³-hybridized carbons (Fsp3) is 0.885. The normalized spacial score (nSPS) is 12.0. The Balaban J connectivity index is 4.24. The van der Waals surface area contributed by atoms with Crippen LogP contribution < -0.4 is 0 Å². The summed E-state index contributed by atoms with van der Waals surface area (Å²) in [5.41, 5.74) is 0. The van der Waals surface area contributed by atoms with Gasteiger partial charge in [0, 0.05) is 39.5 Å². The van der Waals surface area contributed by atoms with Gasteiger partial charge in [-0.05, 0) is 25.7 Å². The minimum atomic E-state index is -0.949. The van der Waals surface area contributed by atoms with E-state index in [1.54, 1.807) is 0 Å². The summed E-state index contributed by atoms with van der Waals surface area (Å²) >= 11 is 0. The molecule has 374 valence electrons. The summed E-state index contributed by atoms with van der Waals surface area (Å²) < 4.78 is 31.6. The Morgan fingerprint density at radius 3 is 0.734 bits per heavy atom. The van der Waals surface area contributed by atoms with Crippen LogP contribution in [0, 0.1) is 0 Å². The van der Waals surface area contributed by atoms with Crippen LogP contribution in [0.1, 0.15) is 259 Å². The zero-order valence-electron chi connectivity index (χ0n) is 41.3. The lowest BCUT2D eigenvalue weighted by Crippen LogP contribution is -2.31. The number of hydrogen-bond donors (Lipinski definition) is 0. The summed E-state index contributed by atoms with van der Waals surface area (Å²) in [6, 6.07) is 0. The van der Waals surface area contributed by atoms with Gasteiger partial charge in [0.2, 0.25) is 0 Å². The van der Waals surface area contributed by atoms with Gasteiger partial charge >= 0.3 is 35.8 Å². The number of ether oxygens (including phenoxy) is 6. The van der Waals surface area contributed by atoms with Crippen LogP contribution in [0.25, 0.3) is 0 Å². The summed E-state index contributed by atoms with van der Waals surface area (Å²) in [5.74, 6) is -3.05. The average Bonchev–Trinajstić information content (AvgIpc) is 3.26. The monoisotopic (exact) mass is 911 g/mol. The molecule has 12 nitrogen and oxygen atoms in total. The molecule has 64 heavy (non-hydrogen) atoms. The molecular formula is C52H94O12. The molecule has 0 spiro atoms. The number of hydrogen-bond acceptors (Lipinski definition) is 12. The minimum Gasteiger partial charge on any atom is -0.462 e. The molecule has 0 aliphatic rings. The lowest BCUT2D eigenvalue weighted by Gasteiger charge is -2.18. The van der Waals surface area contributed by atoms with E-state index in [1.807, 2.05) is 0 Å². The first-order chi connectivity index (χ1) is 31.1. The van der Waals surface area contributed by atoms with Gasteiger partial charge in [-0.1, -0.05) is 194 Å². The number of carbonyl (C=O) groups excluding carboxylic acids is 6. The molecule has 0 aromatic heterocycles. The molecule has 2 atom stereocenters. The molecule has 0 radical (unpaired) electrons. The van der Waals surface area contributed by atoms with E-state index >= 15 is 0 Å². The first-order valence-corrected chi connectivity index (χ1v) is 26.0. The standard InChI is InChI=1S/C52H94O12/c1-5-7-9-11-13-15-17-19-21-23-25-27-29-31-33-37-49(55)61-43-47(41-59-45(3)53)63-51(57)39-35-36-40-52(58)64-48(42-60-46(4)54)44-62-50(56)38-34-32-30-28-26-24-22-20-18-16-14-12-10-8-6-2/h47-48H,5-44H2,1-4H3. The molecule has 2 unspecified atom stereocenters. The molecule has 0 amide bonds. The molecule has 0 N–H and O–H groups in total. The maximum atomic E-state index is 12.6. The van der Waals surface area contributed by atoms with E-state index in [4.69, 9.17) is 28.4 Å². The molecule has 12 heteroatoms. The Morgan fingerprint density at radius 2 is 0.484 bits per heavy atom. The van der Waals surface area contributed by atoms with Crippen LogP contribution in [-0.4, -0.2) is 74.5 Å². The first-order valence-electron chi connectivity index (χ1n) is 26.0. The van der Waals surface area contributed by atoms with Crippen molar-refractivity contribution in [3.63, 3.8) is 0 Å². The van der Waals surface area contributed by atoms with Crippen molar-refractivity contribution < 1.29 is 57.2 Å². The van der Waals surface area contributed by atoms with Gasteiger partial charge in [-0.2, -0.15) is 0 Å². The van der Waals surface area contributed by atoms with Crippen molar-refractivity contribution >= 4 is 35.8 Å². The van der Waals surface area contributed by atoms with Crippen molar-refractivity contribution in [1.82, 2.24) is 0 Å². The van der Waals surface area contributed by atoms with E-state index in [-0.39, 0.29) is 64.0 Å². The van der Waals surface area contributed by atoms with Crippen LogP contribution in [0.3, 0.4) is 0 Å². The van der Waals surface area contributed by atoms with Gasteiger partial charge in [0.1, 0.15) is 26.4 Å². The molecule has 0 bridgehead atoms. The highest BCUT2D eigenvalue weighted by Gasteiger charge is 2.21. The van der Waals surface area contributed by atoms with Gasteiger partial charge in [0.15, 0.2) is 12.2 Å². The van der Waals surface area contributed by atoms with E-state index in [1.165, 1.54) is 168 Å². The Morgan fingerprint density at radius 1 is 0.281 bits per heavy atom. The predicted octanol–water partition coefficient (Wildman–Crippen LogP) is 13.1. The van der Waals surface area contributed by atoms with E-state index in [2.05, 4.69) is 13.8 Å². The molecule has 0 aromatic rings. The maximum absolute atomic E-state index is 12.6. The first kappa shape index (κ1) is 60.8. The number of rotatable bonds is 47. The number of carbonyl (C=O) groups is 6. The van der Waals surface area contributed by atoms with Crippen LogP contribution in [0.15, 0.2) is 0 Å². The second-order valence-electron chi connectivity index (χ2n) is 17.8. The lowest BCUT2D eigenvalue weighted by atomic mass is 10.0. The van der Waals surface area contributed by atoms with Crippen molar-refractivity contribution in [1.29, 1.82) is 0 Å². The molecule has 0 aliphatic heterocycles. The van der Waals surface area contributed by atoms with Gasteiger partial charge in [-0.15, -0.1) is 0 Å². The quantitative estimate of drug-likeness (QED) is 0.0324. The summed E-state index contributed by atoms with van der Waals surface area (Å²) in [6.45, 7) is 6.04. The molecule has 0 heterocycles. The third-order valence-electron chi connectivity index (χ3n) is 11.4. The SMILES string of the molecule is CCCCCCCCCCCCCCCCCC(=O)OCC(COC(C)=O)OC(=O)CCCCC(=O)OC(COC(C)=O)COC(=O)CCCCCCCCCCCCCCCCC. The zero-order chi connectivity index (χ0) is 47.1. The van der Waals surface area contributed by atoms with Crippen LogP contribution in [-0.2, 0) is 57.2 Å². The Bertz CT molecular complexity index is 1070. The van der Waals surface area contributed by atoms with Crippen LogP contribution >= 0.6 is 0 Å². The van der Waals surface area contributed by atoms with Gasteiger partial charge in [0.25, 0.3) is 0 Å². The number of unbranched alkanes of at least 4 members (excludes halogenated alkanes) is 29. The van der Waals surface area contributed by atoms with Crippen LogP contribution in [0.5, 0.6) is 0 Å². The van der Waals surface area contributed by atoms with Gasteiger partial charge in [-0.3, -0.25) is 28.8 Å². The third kappa shape index (κ3) is 45.4. The van der Waals surface area contributed by atoms with Crippen LogP contribution in [0.4, 0.5) is 0 Å². The molecule has 0 aromatic carbocycles. The summed E-state index contributed by atoms with van der Waals surface area (Å²) in [6.07, 6.45) is 36.3. The van der Waals surface area contributed by atoms with E-state index in [9.17, 15) is 28.8 Å². The highest BCUT2D eigenvalue weighted by Crippen LogP contribution is 2.16. The van der Waals surface area contributed by atoms with Crippen molar-refractivity contribution in [2.75, 3.05) is 26.4 Å². The second-order valence-corrected chi connectivity index (χ2v) is 17.8. The van der Waals surface area contributed by atoms with Crippen molar-refractivity contribution in [3.8, 4) is 0 Å². The summed E-state index contributed by atoms with van der Waals surface area (Å²) in [4.78, 5) is 72.8. The smallest absolute Gasteiger partial charge is 0.306 e. The third-order valence-corrected chi connectivity index (χ3v) is 11.4. The van der Waals surface area contributed by atoms with Crippen molar-refractivity contribution in [2.45, 2.75) is 271 Å². The molecule has 0 aliphatic carbocycles. The van der Waals surface area contributed by atoms with E-state index in [0.717, 1.165) is 38.5 Å². The molecule has 0 fully saturated rings. The van der Waals surface area contributed by atoms with Crippen molar-refractivity contribution in [2.24, 2.45) is 0 Å². The average molecular weight is 911 g/mol. The Kier molecular flexibility index (Phi) is 44.1. The van der Waals surface area contributed by atoms with Gasteiger partial charge in [-0.25, -0.2) is 0 Å². The van der Waals surface area contributed by atoms with Crippen LogP contribution in [0.2, 0.25) is 0 Å². The fourth-order valence-electron chi connectivity index (χ4n) is 7.48. The summed E-state index contributed by atoms with van der Waals surface area (Å²) in [5, 5.41) is 0. The largest absolute Gasteiger partial charge is 0.462 e. The Hall–Kier alpha value is -3.18. The molecule has 0 rings (SSSR count). The highest BCUT2D eigenvalue weighted by atomic mass is 16.6. The molecule has 0 saturated carbocycles. The van der Waals surface area contributed by atoms with E-state index < -0.39 is 36.1 Å². The van der Waals surface area contributed by atoms with Gasteiger partial charge in [0.05, 0.1) is 0 Å². The Labute approximate surface area is 389 Å². The highest BCUT2D eigenvalue weighted by molar-refractivity contribution is 5.72. The minimum absolute atomic E-state index is 0.0231.